The number of methoxy groups -OCH3 is 5. The van der Waals surface area contributed by atoms with Crippen LogP contribution in [0.1, 0.15) is 110 Å². The van der Waals surface area contributed by atoms with Crippen molar-refractivity contribution < 1.29 is 73.2 Å². The maximum atomic E-state index is 13.4. The largest absolute Gasteiger partial charge is 0.497 e. The number of nitrogens with one attached hydrogen (secondary N) is 1. The van der Waals surface area contributed by atoms with Crippen molar-refractivity contribution in [2.45, 2.75) is 168 Å². The molecule has 0 unspecified atom stereocenters. The Morgan fingerprint density at radius 3 is 1.12 bits per heavy atom. The number of rotatable bonds is 23. The third kappa shape index (κ3) is 22.9. The number of likely N-dealkylation sites (tertiary alicyclic amines) is 2. The van der Waals surface area contributed by atoms with Crippen molar-refractivity contribution in [2.75, 3.05) is 84.9 Å². The predicted octanol–water partition coefficient (Wildman–Crippen LogP) is 9.26. The van der Waals surface area contributed by atoms with Crippen LogP contribution in [0.5, 0.6) is 17.2 Å². The second-order valence-corrected chi connectivity index (χ2v) is 29.6. The van der Waals surface area contributed by atoms with Gasteiger partial charge in [0.2, 0.25) is 0 Å². The Hall–Kier alpha value is -5.89. The first-order chi connectivity index (χ1) is 43.9. The third-order valence-corrected chi connectivity index (χ3v) is 22.3. The topological polar surface area (TPSA) is 267 Å². The van der Waals surface area contributed by atoms with Crippen molar-refractivity contribution in [1.29, 1.82) is 0 Å². The van der Waals surface area contributed by atoms with Gasteiger partial charge in [-0.1, -0.05) is 94.9 Å². The molecule has 0 aromatic heterocycles. The number of hydrogen-bond acceptors (Lipinski definition) is 17. The summed E-state index contributed by atoms with van der Waals surface area (Å²) < 4.78 is 117. The van der Waals surface area contributed by atoms with Crippen LogP contribution in [0.4, 0.5) is 14.4 Å². The monoisotopic (exact) mass is 1400 g/mol. The van der Waals surface area contributed by atoms with Gasteiger partial charge in [0.1, 0.15) is 23.9 Å². The van der Waals surface area contributed by atoms with Crippen molar-refractivity contribution in [3.8, 4) is 17.2 Å². The zero-order valence-corrected chi connectivity index (χ0v) is 60.5. The van der Waals surface area contributed by atoms with Crippen LogP contribution < -0.4 is 19.5 Å². The predicted molar refractivity (Wildman–Crippen MR) is 368 cm³/mol. The highest BCUT2D eigenvalue weighted by Crippen LogP contribution is 2.37. The molecule has 0 bridgehead atoms. The molecule has 3 heterocycles. The van der Waals surface area contributed by atoms with Crippen LogP contribution in [-0.4, -0.2) is 223 Å². The van der Waals surface area contributed by atoms with E-state index in [1.807, 2.05) is 131 Å². The Morgan fingerprint density at radius 2 is 0.830 bits per heavy atom. The lowest BCUT2D eigenvalue weighted by Gasteiger charge is -2.35. The van der Waals surface area contributed by atoms with Crippen molar-refractivity contribution >= 4 is 59.8 Å². The van der Waals surface area contributed by atoms with Gasteiger partial charge >= 0.3 is 17.6 Å². The Bertz CT molecular complexity index is 3230. The summed E-state index contributed by atoms with van der Waals surface area (Å²) in [7, 11) is 6.68. The summed E-state index contributed by atoms with van der Waals surface area (Å²) in [4.78, 5) is 38.1. The molecule has 7 rings (SSSR count). The van der Waals surface area contributed by atoms with Gasteiger partial charge in [0.25, 0.3) is 30.6 Å². The van der Waals surface area contributed by atoms with Gasteiger partial charge in [-0.05, 0) is 118 Å². The van der Waals surface area contributed by atoms with Gasteiger partial charge in [-0.25, -0.2) is 14.4 Å². The fourth-order valence-electron chi connectivity index (χ4n) is 11.6. The molecule has 2 amide bonds. The van der Waals surface area contributed by atoms with Gasteiger partial charge in [-0.15, -0.1) is 0 Å². The molecule has 4 aromatic carbocycles. The first-order valence-electron chi connectivity index (χ1n) is 30.7. The number of nitrogens with zero attached hydrogens (tertiary/aromatic N) is 8. The average molecular weight is 1400 g/mol. The van der Waals surface area contributed by atoms with Crippen LogP contribution in [0, 0.1) is 0 Å². The van der Waals surface area contributed by atoms with Gasteiger partial charge < -0.3 is 48.6 Å². The molecule has 0 aliphatic carbocycles. The van der Waals surface area contributed by atoms with Crippen LogP contribution in [0.3, 0.4) is 0 Å². The molecule has 3 aliphatic heterocycles. The van der Waals surface area contributed by atoms with E-state index >= 15 is 0 Å². The Morgan fingerprint density at radius 1 is 0.500 bits per heavy atom. The maximum absolute atomic E-state index is 13.4. The zero-order chi connectivity index (χ0) is 70.1. The molecular formula is C65H106ClN9O16S3. The first kappa shape index (κ1) is 84.2. The van der Waals surface area contributed by atoms with Gasteiger partial charge in [0.15, 0.2) is 0 Å². The lowest BCUT2D eigenvalue weighted by Crippen LogP contribution is -2.51. The van der Waals surface area contributed by atoms with Crippen LogP contribution in [0.15, 0.2) is 103 Å². The van der Waals surface area contributed by atoms with E-state index in [2.05, 4.69) is 35.5 Å². The Kier molecular flexibility index (Phi) is 35.8. The number of carbonyl (C=O) groups is 3. The van der Waals surface area contributed by atoms with Crippen LogP contribution >= 0.6 is 11.6 Å². The number of carbonyl (C=O) groups excluding carboxylic acids is 3. The lowest BCUT2D eigenvalue weighted by molar-refractivity contribution is 0.0748. The molecule has 9 atom stereocenters. The van der Waals surface area contributed by atoms with E-state index in [0.29, 0.717) is 49.8 Å². The molecule has 0 spiro atoms. The van der Waals surface area contributed by atoms with E-state index in [0.717, 1.165) is 48.0 Å². The normalized spacial score (nSPS) is 21.0. The highest BCUT2D eigenvalue weighted by Gasteiger charge is 2.50. The van der Waals surface area contributed by atoms with Gasteiger partial charge in [0, 0.05) is 123 Å². The minimum Gasteiger partial charge on any atom is -0.497 e. The van der Waals surface area contributed by atoms with Crippen molar-refractivity contribution in [3.05, 3.63) is 125 Å². The standard InChI is InChI=1S/C25H35N3O5S.C19H31N3O5S.C17H29N3O3S.C2H3ClO2.CH4O.CH4/c1-6-23-24(16-19(2)28(23)25(29)33-18-21-10-8-7-9-11-21)27(34(30,31)26(3)4)17-20-12-14-22(32-5)15-13-20;1-7-17-18(12-14(2)22(17)19(23)27-6)21(28(24,25)20(3)4)13-15-8-10-16(26-5)11-9-15;1-6-16-17(11-13(2)18-16)20(24(21,22)19(3)4)12-14-7-9-15(23-5)10-8-14;1-5-2(3)4;1-2;/h7-15,19,23-24H,6,16-18H2,1-5H3;8-11,14,17-18H,7,12-13H2,1-6H3;7-10,13,16-18H,6,11-12H2,1-5H3;1H3;2H,1H3;1H4/t19-,23+,24+;14-,17+,18+;13-,16+,17+;;;/m111.../s1. The molecule has 94 heavy (non-hydrogen) atoms. The molecule has 29 heteroatoms. The fraction of sp³-hybridized carbons (Fsp3) is 0.585. The molecule has 3 aliphatic rings. The number of amides is 2. The Balaban J connectivity index is 0.000000460. The molecule has 4 aromatic rings. The SMILES string of the molecule is C.CC[C@@H]1N[C@H](C)C[C@@H]1N(Cc1ccc(OC)cc1)S(=O)(=O)N(C)C.CC[C@H]1[C@@H](N(Cc2ccc(OC)cc2)S(=O)(=O)N(C)C)C[C@@H](C)N1C(=O)OC.CC[C@H]1[C@@H](N(Cc2ccc(OC)cc2)S(=O)(=O)N(C)C)C[C@@H](C)N1C(=O)OCc1ccccc1.CO.COC(=O)Cl. The van der Waals surface area contributed by atoms with E-state index in [1.54, 1.807) is 49.5 Å². The molecule has 2 N–H and O–H groups in total. The van der Waals surface area contributed by atoms with E-state index in [-0.39, 0.29) is 75.5 Å². The first-order valence-corrected chi connectivity index (χ1v) is 35.2. The summed E-state index contributed by atoms with van der Waals surface area (Å²) in [5.41, 5.74) is 2.79. The second kappa shape index (κ2) is 40.0. The van der Waals surface area contributed by atoms with Crippen molar-refractivity contribution in [2.24, 2.45) is 0 Å². The van der Waals surface area contributed by atoms with Crippen LogP contribution in [-0.2, 0) is 71.1 Å². The summed E-state index contributed by atoms with van der Waals surface area (Å²) >= 11 is 4.60. The van der Waals surface area contributed by atoms with Gasteiger partial charge in [-0.2, -0.15) is 51.1 Å². The number of halogens is 1. The highest BCUT2D eigenvalue weighted by molar-refractivity contribution is 7.87. The molecule has 25 nitrogen and oxygen atoms in total. The average Bonchev–Trinajstić information content (AvgIpc) is 1.59. The number of aliphatic hydroxyl groups excluding tert-OH is 1. The number of hydrogen-bond donors (Lipinski definition) is 2. The number of benzene rings is 4. The smallest absolute Gasteiger partial charge is 0.410 e. The van der Waals surface area contributed by atoms with Gasteiger partial charge in [-0.3, -0.25) is 0 Å². The van der Waals surface area contributed by atoms with Crippen molar-refractivity contribution in [1.82, 2.24) is 40.9 Å². The van der Waals surface area contributed by atoms with Crippen molar-refractivity contribution in [3.63, 3.8) is 0 Å². The maximum Gasteiger partial charge on any atom is 0.410 e. The summed E-state index contributed by atoms with van der Waals surface area (Å²) in [5, 5.41) is 10.5. The van der Waals surface area contributed by atoms with E-state index in [4.69, 9.17) is 28.8 Å². The van der Waals surface area contributed by atoms with Crippen LogP contribution in [0.25, 0.3) is 0 Å². The summed E-state index contributed by atoms with van der Waals surface area (Å²) in [6.45, 7) is 13.0. The molecule has 0 radical (unpaired) electrons. The molecular weight excluding hydrogens is 1290 g/mol. The number of aliphatic hydroxyl groups is 1. The van der Waals surface area contributed by atoms with E-state index in [1.165, 1.54) is 63.9 Å². The molecule has 3 saturated heterocycles. The molecule has 532 valence electrons. The van der Waals surface area contributed by atoms with Gasteiger partial charge in [0.05, 0.1) is 47.6 Å². The summed E-state index contributed by atoms with van der Waals surface area (Å²) in [6, 6.07) is 30.7. The zero-order valence-electron chi connectivity index (χ0n) is 57.3. The highest BCUT2D eigenvalue weighted by atomic mass is 35.5. The van der Waals surface area contributed by atoms with Crippen LogP contribution in [0.2, 0.25) is 0 Å². The summed E-state index contributed by atoms with van der Waals surface area (Å²) in [6.07, 6.45) is 3.20. The second-order valence-electron chi connectivity index (χ2n) is 23.0. The molecule has 0 saturated carbocycles. The minimum atomic E-state index is -3.75. The lowest BCUT2D eigenvalue weighted by atomic mass is 10.1. The fourth-order valence-corrected chi connectivity index (χ4v) is 15.5. The quantitative estimate of drug-likeness (QED) is 0.0517. The summed E-state index contributed by atoms with van der Waals surface area (Å²) in [5.74, 6) is 2.19. The van der Waals surface area contributed by atoms with E-state index in [9.17, 15) is 39.6 Å². The third-order valence-electron chi connectivity index (χ3n) is 16.4. The van der Waals surface area contributed by atoms with E-state index < -0.39 is 48.2 Å². The Labute approximate surface area is 566 Å². The minimum absolute atomic E-state index is 0. The molecule has 3 fully saturated rings. The number of ether oxygens (including phenoxy) is 6.